The summed E-state index contributed by atoms with van der Waals surface area (Å²) in [7, 11) is 0. The zero-order chi connectivity index (χ0) is 20.1. The Morgan fingerprint density at radius 3 is 2.12 bits per heavy atom. The quantitative estimate of drug-likeness (QED) is 0.100. The number of carboxylic acid groups (broad SMARTS) is 1. The fourth-order valence-corrected chi connectivity index (χ4v) is 2.12. The van der Waals surface area contributed by atoms with Crippen molar-refractivity contribution in [2.24, 2.45) is 17.2 Å². The molecule has 2 amide bonds. The molecular weight excluding hydrogens is 342 g/mol. The lowest BCUT2D eigenvalue weighted by Crippen LogP contribution is -2.54. The number of rotatable bonds is 13. The van der Waals surface area contributed by atoms with E-state index in [1.807, 2.05) is 0 Å². The molecule has 150 valence electrons. The van der Waals surface area contributed by atoms with E-state index >= 15 is 0 Å². The molecule has 0 aromatic heterocycles. The van der Waals surface area contributed by atoms with E-state index in [-0.39, 0.29) is 12.4 Å². The summed E-state index contributed by atoms with van der Waals surface area (Å²) < 4.78 is 0. The average Bonchev–Trinajstić information content (AvgIpc) is 2.55. The molecule has 11 nitrogen and oxygen atoms in total. The highest BCUT2D eigenvalue weighted by Crippen LogP contribution is 2.04. The van der Waals surface area contributed by atoms with Gasteiger partial charge in [-0.25, -0.2) is 4.79 Å². The summed E-state index contributed by atoms with van der Waals surface area (Å²) >= 11 is 0. The van der Waals surface area contributed by atoms with Gasteiger partial charge in [-0.05, 0) is 45.6 Å². The summed E-state index contributed by atoms with van der Waals surface area (Å²) in [5.41, 5.74) is 16.1. The summed E-state index contributed by atoms with van der Waals surface area (Å²) in [6.45, 7) is 2.26. The largest absolute Gasteiger partial charge is 0.480 e. The maximum atomic E-state index is 12.4. The zero-order valence-electron chi connectivity index (χ0n) is 15.1. The maximum Gasteiger partial charge on any atom is 0.326 e. The van der Waals surface area contributed by atoms with E-state index in [0.29, 0.717) is 38.8 Å². The highest BCUT2D eigenvalue weighted by Gasteiger charge is 2.26. The standard InChI is InChI=1S/C15H31N7O4/c1-9(17)12(23)21-10(5-2-3-7-16)13(24)22-11(14(25)26)6-4-8-20-15(18)19/h9-11H,2-8,16-17H2,1H3,(H,21,23)(H,22,24)(H,25,26)(H4,18,19,20)/t9-,10-,11-/m0/s1. The molecule has 0 unspecified atom stereocenters. The fourth-order valence-electron chi connectivity index (χ4n) is 2.12. The molecule has 26 heavy (non-hydrogen) atoms. The third kappa shape index (κ3) is 10.5. The summed E-state index contributed by atoms with van der Waals surface area (Å²) in [4.78, 5) is 35.6. The lowest BCUT2D eigenvalue weighted by Gasteiger charge is -2.22. The lowest BCUT2D eigenvalue weighted by molar-refractivity contribution is -0.142. The molecule has 0 saturated carbocycles. The number of guanidine groups is 1. The monoisotopic (exact) mass is 373 g/mol. The van der Waals surface area contributed by atoms with E-state index in [2.05, 4.69) is 16.0 Å². The number of hydrogen-bond acceptors (Lipinski definition) is 6. The Morgan fingerprint density at radius 2 is 1.62 bits per heavy atom. The predicted octanol–water partition coefficient (Wildman–Crippen LogP) is -2.22. The Balaban J connectivity index is 4.77. The molecule has 0 aliphatic carbocycles. The van der Waals surface area contributed by atoms with Gasteiger partial charge in [-0.15, -0.1) is 0 Å². The Bertz CT molecular complexity index is 485. The van der Waals surface area contributed by atoms with E-state index in [0.717, 1.165) is 0 Å². The van der Waals surface area contributed by atoms with Crippen LogP contribution in [0.25, 0.3) is 0 Å². The van der Waals surface area contributed by atoms with Crippen LogP contribution in [0.2, 0.25) is 0 Å². The van der Waals surface area contributed by atoms with Crippen LogP contribution in [0.15, 0.2) is 0 Å². The molecule has 0 aromatic rings. The maximum absolute atomic E-state index is 12.4. The SMILES string of the molecule is C[C@H](N)C(=O)N[C@@H](CCCCN)C(=O)N[C@@H](CCCNC(=N)N)C(=O)O. The van der Waals surface area contributed by atoms with Crippen LogP contribution in [0.5, 0.6) is 0 Å². The number of amides is 2. The Kier molecular flexibility index (Phi) is 11.7. The summed E-state index contributed by atoms with van der Waals surface area (Å²) in [5, 5.41) is 23.8. The van der Waals surface area contributed by atoms with Crippen LogP contribution in [-0.2, 0) is 14.4 Å². The third-order valence-corrected chi connectivity index (χ3v) is 3.59. The van der Waals surface area contributed by atoms with Gasteiger partial charge in [-0.2, -0.15) is 0 Å². The molecule has 0 heterocycles. The number of nitrogens with two attached hydrogens (primary N) is 3. The number of carbonyl (C=O) groups is 3. The first-order chi connectivity index (χ1) is 12.2. The second-order valence-electron chi connectivity index (χ2n) is 6.02. The number of carboxylic acids is 1. The van der Waals surface area contributed by atoms with Crippen LogP contribution >= 0.6 is 0 Å². The number of aliphatic carboxylic acids is 1. The van der Waals surface area contributed by atoms with Gasteiger partial charge < -0.3 is 38.3 Å². The van der Waals surface area contributed by atoms with Crippen molar-refractivity contribution < 1.29 is 19.5 Å². The minimum atomic E-state index is -1.18. The van der Waals surface area contributed by atoms with Crippen molar-refractivity contribution in [3.63, 3.8) is 0 Å². The second-order valence-corrected chi connectivity index (χ2v) is 6.02. The van der Waals surface area contributed by atoms with Crippen LogP contribution < -0.4 is 33.2 Å². The first-order valence-corrected chi connectivity index (χ1v) is 8.56. The summed E-state index contributed by atoms with van der Waals surface area (Å²) in [6, 6.07) is -2.77. The van der Waals surface area contributed by atoms with Gasteiger partial charge in [0.15, 0.2) is 5.96 Å². The van der Waals surface area contributed by atoms with E-state index in [1.54, 1.807) is 0 Å². The molecule has 11 N–H and O–H groups in total. The number of hydrogen-bond donors (Lipinski definition) is 8. The second kappa shape index (κ2) is 12.9. The predicted molar refractivity (Wildman–Crippen MR) is 97.2 cm³/mol. The van der Waals surface area contributed by atoms with Crippen LogP contribution in [0.3, 0.4) is 0 Å². The lowest BCUT2D eigenvalue weighted by atomic mass is 10.1. The van der Waals surface area contributed by atoms with Crippen molar-refractivity contribution in [3.05, 3.63) is 0 Å². The molecule has 0 aliphatic heterocycles. The van der Waals surface area contributed by atoms with E-state index in [9.17, 15) is 19.5 Å². The third-order valence-electron chi connectivity index (χ3n) is 3.59. The molecule has 0 bridgehead atoms. The van der Waals surface area contributed by atoms with Gasteiger partial charge in [0.1, 0.15) is 12.1 Å². The van der Waals surface area contributed by atoms with E-state index in [4.69, 9.17) is 22.6 Å². The molecule has 0 rings (SSSR count). The van der Waals surface area contributed by atoms with Gasteiger partial charge in [0.2, 0.25) is 11.8 Å². The molecule has 0 aliphatic rings. The van der Waals surface area contributed by atoms with Gasteiger partial charge in [0.05, 0.1) is 6.04 Å². The summed E-state index contributed by atoms with van der Waals surface area (Å²) in [5.74, 6) is -2.46. The van der Waals surface area contributed by atoms with Gasteiger partial charge in [-0.1, -0.05) is 0 Å². The Morgan fingerprint density at radius 1 is 1.04 bits per heavy atom. The molecule has 0 aromatic carbocycles. The Hall–Kier alpha value is -2.40. The summed E-state index contributed by atoms with van der Waals surface area (Å²) in [6.07, 6.45) is 2.16. The molecule has 0 radical (unpaired) electrons. The van der Waals surface area contributed by atoms with Crippen molar-refractivity contribution >= 4 is 23.7 Å². The fraction of sp³-hybridized carbons (Fsp3) is 0.733. The van der Waals surface area contributed by atoms with Crippen molar-refractivity contribution in [1.29, 1.82) is 5.41 Å². The van der Waals surface area contributed by atoms with E-state index in [1.165, 1.54) is 6.92 Å². The van der Waals surface area contributed by atoms with Crippen molar-refractivity contribution in [3.8, 4) is 0 Å². The van der Waals surface area contributed by atoms with Gasteiger partial charge in [0, 0.05) is 6.54 Å². The van der Waals surface area contributed by atoms with Crippen molar-refractivity contribution in [2.45, 2.75) is 57.2 Å². The molecule has 11 heteroatoms. The highest BCUT2D eigenvalue weighted by atomic mass is 16.4. The van der Waals surface area contributed by atoms with Crippen molar-refractivity contribution in [2.75, 3.05) is 13.1 Å². The first kappa shape index (κ1) is 23.6. The molecule has 3 atom stereocenters. The van der Waals surface area contributed by atoms with Crippen LogP contribution in [0, 0.1) is 5.41 Å². The molecular formula is C15H31N7O4. The van der Waals surface area contributed by atoms with Crippen LogP contribution in [0.1, 0.15) is 39.0 Å². The van der Waals surface area contributed by atoms with E-state index < -0.39 is 35.9 Å². The number of unbranched alkanes of at least 4 members (excludes halogenated alkanes) is 1. The van der Waals surface area contributed by atoms with Gasteiger partial charge in [-0.3, -0.25) is 15.0 Å². The van der Waals surface area contributed by atoms with Crippen LogP contribution in [0.4, 0.5) is 0 Å². The normalized spacial score (nSPS) is 14.0. The molecule has 0 fully saturated rings. The minimum absolute atomic E-state index is 0.151. The first-order valence-electron chi connectivity index (χ1n) is 8.56. The van der Waals surface area contributed by atoms with Gasteiger partial charge in [0.25, 0.3) is 0 Å². The Labute approximate surface area is 152 Å². The number of nitrogens with one attached hydrogen (secondary N) is 4. The highest BCUT2D eigenvalue weighted by molar-refractivity contribution is 5.91. The zero-order valence-corrected chi connectivity index (χ0v) is 15.1. The molecule has 0 saturated heterocycles. The van der Waals surface area contributed by atoms with Gasteiger partial charge >= 0.3 is 5.97 Å². The minimum Gasteiger partial charge on any atom is -0.480 e. The van der Waals surface area contributed by atoms with Crippen molar-refractivity contribution in [1.82, 2.24) is 16.0 Å². The number of carbonyl (C=O) groups excluding carboxylic acids is 2. The molecule has 0 spiro atoms. The van der Waals surface area contributed by atoms with Crippen LogP contribution in [-0.4, -0.2) is 60.1 Å². The topological polar surface area (TPSA) is 209 Å². The smallest absolute Gasteiger partial charge is 0.326 e. The average molecular weight is 373 g/mol.